The van der Waals surface area contributed by atoms with E-state index in [1.165, 1.54) is 12.4 Å². The van der Waals surface area contributed by atoms with Gasteiger partial charge in [0, 0.05) is 18.3 Å². The first-order valence-electron chi connectivity index (χ1n) is 4.77. The van der Waals surface area contributed by atoms with Gasteiger partial charge in [-0.1, -0.05) is 11.6 Å². The zero-order valence-corrected chi connectivity index (χ0v) is 9.48. The largest absolute Gasteiger partial charge is 0.453 e. The van der Waals surface area contributed by atoms with Gasteiger partial charge in [0.05, 0.1) is 28.5 Å². The fourth-order valence-electron chi connectivity index (χ4n) is 1.27. The van der Waals surface area contributed by atoms with Crippen LogP contribution in [0.3, 0.4) is 0 Å². The van der Waals surface area contributed by atoms with Gasteiger partial charge in [0.2, 0.25) is 0 Å². The summed E-state index contributed by atoms with van der Waals surface area (Å²) in [5.41, 5.74) is 6.67. The Bertz CT molecular complexity index is 593. The number of rotatable bonds is 2. The van der Waals surface area contributed by atoms with Crippen LogP contribution < -0.4 is 10.5 Å². The molecule has 1 heterocycles. The van der Waals surface area contributed by atoms with E-state index in [4.69, 9.17) is 27.3 Å². The van der Waals surface area contributed by atoms with E-state index in [9.17, 15) is 0 Å². The average molecular weight is 246 g/mol. The quantitative estimate of drug-likeness (QED) is 0.826. The van der Waals surface area contributed by atoms with Crippen LogP contribution in [-0.4, -0.2) is 4.98 Å². The van der Waals surface area contributed by atoms with Crippen LogP contribution in [0.15, 0.2) is 36.7 Å². The molecule has 0 saturated carbocycles. The second kappa shape index (κ2) is 4.73. The first-order chi connectivity index (χ1) is 8.19. The molecular formula is C12H8ClN3O. The SMILES string of the molecule is N#Cc1ccc(N)c(Oc2cncc(Cl)c2)c1. The van der Waals surface area contributed by atoms with Crippen molar-refractivity contribution in [3.63, 3.8) is 0 Å². The summed E-state index contributed by atoms with van der Waals surface area (Å²) < 4.78 is 5.51. The molecule has 0 aliphatic rings. The Morgan fingerprint density at radius 2 is 2.12 bits per heavy atom. The van der Waals surface area contributed by atoms with Gasteiger partial charge in [-0.25, -0.2) is 0 Å². The number of hydrogen-bond acceptors (Lipinski definition) is 4. The maximum atomic E-state index is 8.78. The number of anilines is 1. The van der Waals surface area contributed by atoms with E-state index < -0.39 is 0 Å². The van der Waals surface area contributed by atoms with E-state index in [1.54, 1.807) is 24.3 Å². The number of nitrogens with zero attached hydrogens (tertiary/aromatic N) is 2. The summed E-state index contributed by atoms with van der Waals surface area (Å²) in [5.74, 6) is 0.882. The molecule has 2 rings (SSSR count). The second-order valence-electron chi connectivity index (χ2n) is 3.31. The van der Waals surface area contributed by atoms with Gasteiger partial charge in [-0.3, -0.25) is 4.98 Å². The number of benzene rings is 1. The van der Waals surface area contributed by atoms with E-state index in [-0.39, 0.29) is 0 Å². The van der Waals surface area contributed by atoms with Crippen LogP contribution in [-0.2, 0) is 0 Å². The van der Waals surface area contributed by atoms with Crippen LogP contribution in [0.25, 0.3) is 0 Å². The molecule has 0 amide bonds. The van der Waals surface area contributed by atoms with Gasteiger partial charge in [-0.05, 0) is 12.1 Å². The number of pyridine rings is 1. The molecule has 0 aliphatic carbocycles. The van der Waals surface area contributed by atoms with Crippen molar-refractivity contribution in [2.24, 2.45) is 0 Å². The molecule has 1 aromatic carbocycles. The molecule has 0 unspecified atom stereocenters. The van der Waals surface area contributed by atoms with Crippen molar-refractivity contribution < 1.29 is 4.74 Å². The first-order valence-corrected chi connectivity index (χ1v) is 5.15. The zero-order chi connectivity index (χ0) is 12.3. The highest BCUT2D eigenvalue weighted by molar-refractivity contribution is 6.30. The third-order valence-corrected chi connectivity index (χ3v) is 2.26. The van der Waals surface area contributed by atoms with Crippen LogP contribution in [0.1, 0.15) is 5.56 Å². The maximum Gasteiger partial charge on any atom is 0.151 e. The fraction of sp³-hybridized carbons (Fsp3) is 0. The highest BCUT2D eigenvalue weighted by atomic mass is 35.5. The molecule has 0 radical (unpaired) electrons. The predicted octanol–water partition coefficient (Wildman–Crippen LogP) is 2.98. The standard InChI is InChI=1S/C12H8ClN3O/c13-9-4-10(7-16-6-9)17-12-3-8(5-14)1-2-11(12)15/h1-4,6-7H,15H2. The topological polar surface area (TPSA) is 71.9 Å². The third-order valence-electron chi connectivity index (χ3n) is 2.05. The Labute approximate surface area is 103 Å². The molecule has 0 fully saturated rings. The Morgan fingerprint density at radius 1 is 1.29 bits per heavy atom. The minimum atomic E-state index is 0.410. The highest BCUT2D eigenvalue weighted by Crippen LogP contribution is 2.28. The molecule has 1 aromatic heterocycles. The summed E-state index contributed by atoms with van der Waals surface area (Å²) in [6.07, 6.45) is 3.02. The molecule has 0 aliphatic heterocycles. The second-order valence-corrected chi connectivity index (χ2v) is 3.74. The van der Waals surface area contributed by atoms with Gasteiger partial charge in [-0.15, -0.1) is 0 Å². The summed E-state index contributed by atoms with van der Waals surface area (Å²) >= 11 is 5.78. The molecule has 2 N–H and O–H groups in total. The van der Waals surface area contributed by atoms with Crippen molar-refractivity contribution in [2.45, 2.75) is 0 Å². The number of aromatic nitrogens is 1. The summed E-state index contributed by atoms with van der Waals surface area (Å²) in [7, 11) is 0. The van der Waals surface area contributed by atoms with Gasteiger partial charge < -0.3 is 10.5 Å². The summed E-state index contributed by atoms with van der Waals surface area (Å²) in [6, 6.07) is 8.44. The Hall–Kier alpha value is -2.25. The van der Waals surface area contributed by atoms with E-state index in [2.05, 4.69) is 4.98 Å². The molecule has 84 valence electrons. The van der Waals surface area contributed by atoms with Crippen molar-refractivity contribution in [1.29, 1.82) is 5.26 Å². The number of nitrogen functional groups attached to an aromatic ring is 1. The molecule has 0 spiro atoms. The molecule has 0 saturated heterocycles. The number of nitrogens with two attached hydrogens (primary N) is 1. The molecule has 4 nitrogen and oxygen atoms in total. The van der Waals surface area contributed by atoms with Crippen LogP contribution >= 0.6 is 11.6 Å². The van der Waals surface area contributed by atoms with Crippen molar-refractivity contribution >= 4 is 17.3 Å². The Balaban J connectivity index is 2.33. The average Bonchev–Trinajstić information content (AvgIpc) is 2.32. The predicted molar refractivity (Wildman–Crippen MR) is 64.9 cm³/mol. The lowest BCUT2D eigenvalue weighted by atomic mass is 10.2. The first kappa shape index (κ1) is 11.2. The lowest BCUT2D eigenvalue weighted by Crippen LogP contribution is -1.93. The van der Waals surface area contributed by atoms with Crippen molar-refractivity contribution in [2.75, 3.05) is 5.73 Å². The van der Waals surface area contributed by atoms with Crippen LogP contribution in [0.2, 0.25) is 5.02 Å². The van der Waals surface area contributed by atoms with Crippen LogP contribution in [0, 0.1) is 11.3 Å². The van der Waals surface area contributed by atoms with Gasteiger partial charge in [0.25, 0.3) is 0 Å². The monoisotopic (exact) mass is 245 g/mol. The molecule has 0 bridgehead atoms. The lowest BCUT2D eigenvalue weighted by molar-refractivity contribution is 0.482. The van der Waals surface area contributed by atoms with Gasteiger partial charge in [-0.2, -0.15) is 5.26 Å². The normalized spacial score (nSPS) is 9.65. The van der Waals surface area contributed by atoms with E-state index in [0.717, 1.165) is 0 Å². The third kappa shape index (κ3) is 2.65. The van der Waals surface area contributed by atoms with Crippen molar-refractivity contribution in [1.82, 2.24) is 4.98 Å². The highest BCUT2D eigenvalue weighted by Gasteiger charge is 2.04. The summed E-state index contributed by atoms with van der Waals surface area (Å²) in [4.78, 5) is 3.89. The van der Waals surface area contributed by atoms with Gasteiger partial charge in [0.1, 0.15) is 5.75 Å². The molecule has 5 heteroatoms. The number of ether oxygens (including phenoxy) is 1. The summed E-state index contributed by atoms with van der Waals surface area (Å²) in [5, 5.41) is 9.25. The molecular weight excluding hydrogens is 238 g/mol. The molecule has 17 heavy (non-hydrogen) atoms. The lowest BCUT2D eigenvalue weighted by Gasteiger charge is -2.08. The number of nitriles is 1. The maximum absolute atomic E-state index is 8.78. The summed E-state index contributed by atoms with van der Waals surface area (Å²) in [6.45, 7) is 0. The van der Waals surface area contributed by atoms with E-state index in [0.29, 0.717) is 27.8 Å². The molecule has 2 aromatic rings. The van der Waals surface area contributed by atoms with Gasteiger partial charge in [0.15, 0.2) is 5.75 Å². The minimum absolute atomic E-state index is 0.410. The van der Waals surface area contributed by atoms with Gasteiger partial charge >= 0.3 is 0 Å². The Morgan fingerprint density at radius 3 is 2.82 bits per heavy atom. The Kier molecular flexibility index (Phi) is 3.12. The van der Waals surface area contributed by atoms with Crippen LogP contribution in [0.4, 0.5) is 5.69 Å². The van der Waals surface area contributed by atoms with Crippen LogP contribution in [0.5, 0.6) is 11.5 Å². The zero-order valence-electron chi connectivity index (χ0n) is 8.72. The number of halogens is 1. The number of hydrogen-bond donors (Lipinski definition) is 1. The van der Waals surface area contributed by atoms with Crippen molar-refractivity contribution in [3.05, 3.63) is 47.2 Å². The molecule has 0 atom stereocenters. The van der Waals surface area contributed by atoms with Crippen molar-refractivity contribution in [3.8, 4) is 17.6 Å². The minimum Gasteiger partial charge on any atom is -0.453 e. The van der Waals surface area contributed by atoms with E-state index >= 15 is 0 Å². The van der Waals surface area contributed by atoms with E-state index in [1.807, 2.05) is 6.07 Å². The fourth-order valence-corrected chi connectivity index (χ4v) is 1.43. The smallest absolute Gasteiger partial charge is 0.151 e.